The summed E-state index contributed by atoms with van der Waals surface area (Å²) in [6, 6.07) is 24.8. The molecule has 0 aliphatic carbocycles. The fourth-order valence-corrected chi connectivity index (χ4v) is 3.57. The number of amides is 2. The molecule has 3 aromatic carbocycles. The van der Waals surface area contributed by atoms with Crippen molar-refractivity contribution < 1.29 is 14.3 Å². The van der Waals surface area contributed by atoms with Gasteiger partial charge in [-0.3, -0.25) is 9.59 Å². The Morgan fingerprint density at radius 3 is 2.28 bits per heavy atom. The number of anilines is 2. The predicted molar refractivity (Wildman–Crippen MR) is 117 cm³/mol. The largest absolute Gasteiger partial charge is 0.484 e. The highest BCUT2D eigenvalue weighted by atomic mass is 32.2. The minimum atomic E-state index is -0.233. The molecule has 0 saturated heterocycles. The van der Waals surface area contributed by atoms with E-state index in [2.05, 4.69) is 22.8 Å². The van der Waals surface area contributed by atoms with Crippen LogP contribution in [-0.4, -0.2) is 18.4 Å². The van der Waals surface area contributed by atoms with Crippen LogP contribution in [0.4, 0.5) is 11.4 Å². The Morgan fingerprint density at radius 1 is 0.862 bits per heavy atom. The first-order valence-electron chi connectivity index (χ1n) is 9.16. The van der Waals surface area contributed by atoms with Gasteiger partial charge in [-0.15, -0.1) is 11.8 Å². The minimum absolute atomic E-state index is 0.100. The molecular formula is C23H22N2O3S. The fraction of sp³-hybridized carbons (Fsp3) is 0.130. The van der Waals surface area contributed by atoms with Crippen LogP contribution in [0.3, 0.4) is 0 Å². The Labute approximate surface area is 174 Å². The van der Waals surface area contributed by atoms with Gasteiger partial charge in [-0.05, 0) is 42.0 Å². The van der Waals surface area contributed by atoms with Gasteiger partial charge in [0.1, 0.15) is 5.75 Å². The highest BCUT2D eigenvalue weighted by Gasteiger charge is 2.08. The summed E-state index contributed by atoms with van der Waals surface area (Å²) in [6.07, 6.45) is 0. The van der Waals surface area contributed by atoms with Crippen LogP contribution in [0.1, 0.15) is 12.5 Å². The van der Waals surface area contributed by atoms with Crippen LogP contribution in [0.5, 0.6) is 5.75 Å². The Kier molecular flexibility index (Phi) is 7.30. The van der Waals surface area contributed by atoms with E-state index in [0.717, 1.165) is 16.3 Å². The number of thioether (sulfide) groups is 1. The van der Waals surface area contributed by atoms with Crippen molar-refractivity contribution in [3.05, 3.63) is 84.4 Å². The number of hydrogen-bond acceptors (Lipinski definition) is 4. The second-order valence-corrected chi connectivity index (χ2v) is 7.33. The van der Waals surface area contributed by atoms with E-state index in [-0.39, 0.29) is 18.4 Å². The maximum atomic E-state index is 12.3. The van der Waals surface area contributed by atoms with E-state index in [9.17, 15) is 9.59 Å². The molecule has 0 atom stereocenters. The summed E-state index contributed by atoms with van der Waals surface area (Å²) in [5, 5.41) is 5.60. The predicted octanol–water partition coefficient (Wildman–Crippen LogP) is 4.95. The Hall–Kier alpha value is -3.25. The summed E-state index contributed by atoms with van der Waals surface area (Å²) in [6.45, 7) is 1.35. The van der Waals surface area contributed by atoms with Crippen LogP contribution in [-0.2, 0) is 15.3 Å². The summed E-state index contributed by atoms with van der Waals surface area (Å²) in [5.41, 5.74) is 2.67. The van der Waals surface area contributed by atoms with Crippen LogP contribution < -0.4 is 15.4 Å². The van der Waals surface area contributed by atoms with E-state index < -0.39 is 0 Å². The lowest BCUT2D eigenvalue weighted by molar-refractivity contribution is -0.118. The third-order valence-electron chi connectivity index (χ3n) is 3.94. The molecule has 0 aromatic heterocycles. The van der Waals surface area contributed by atoms with E-state index >= 15 is 0 Å². The molecule has 3 aromatic rings. The van der Waals surface area contributed by atoms with Crippen molar-refractivity contribution >= 4 is 35.0 Å². The first kappa shape index (κ1) is 20.5. The van der Waals surface area contributed by atoms with Gasteiger partial charge in [0.15, 0.2) is 6.61 Å². The van der Waals surface area contributed by atoms with Crippen molar-refractivity contribution in [2.45, 2.75) is 17.6 Å². The molecule has 0 radical (unpaired) electrons. The number of para-hydroxylation sites is 1. The van der Waals surface area contributed by atoms with Crippen molar-refractivity contribution in [3.8, 4) is 5.75 Å². The summed E-state index contributed by atoms with van der Waals surface area (Å²) < 4.78 is 5.54. The molecule has 5 nitrogen and oxygen atoms in total. The molecule has 0 fully saturated rings. The quantitative estimate of drug-likeness (QED) is 0.519. The van der Waals surface area contributed by atoms with Crippen LogP contribution >= 0.6 is 11.8 Å². The Morgan fingerprint density at radius 2 is 1.55 bits per heavy atom. The monoisotopic (exact) mass is 406 g/mol. The van der Waals surface area contributed by atoms with Crippen molar-refractivity contribution in [3.63, 3.8) is 0 Å². The average molecular weight is 407 g/mol. The van der Waals surface area contributed by atoms with Gasteiger partial charge in [0.2, 0.25) is 5.91 Å². The van der Waals surface area contributed by atoms with Crippen LogP contribution in [0.2, 0.25) is 0 Å². The lowest BCUT2D eigenvalue weighted by atomic mass is 10.2. The minimum Gasteiger partial charge on any atom is -0.484 e. The lowest BCUT2D eigenvalue weighted by Crippen LogP contribution is -2.20. The number of nitrogens with one attached hydrogen (secondary N) is 2. The molecular weight excluding hydrogens is 384 g/mol. The van der Waals surface area contributed by atoms with E-state index in [4.69, 9.17) is 4.74 Å². The number of hydrogen-bond donors (Lipinski definition) is 2. The summed E-state index contributed by atoms with van der Waals surface area (Å²) in [7, 11) is 0. The Balaban J connectivity index is 1.53. The van der Waals surface area contributed by atoms with Gasteiger partial charge in [0.05, 0.1) is 5.69 Å². The maximum absolute atomic E-state index is 12.3. The normalized spacial score (nSPS) is 10.2. The number of carbonyl (C=O) groups is 2. The van der Waals surface area contributed by atoms with Gasteiger partial charge in [-0.2, -0.15) is 0 Å². The average Bonchev–Trinajstić information content (AvgIpc) is 2.73. The molecule has 0 unspecified atom stereocenters. The standard InChI is InChI=1S/C23H22N2O3S/c1-17(26)24-19-11-13-20(14-12-19)28-15-23(27)25-21-9-5-6-10-22(21)29-16-18-7-3-2-4-8-18/h2-14H,15-16H2,1H3,(H,24,26)(H,25,27). The second-order valence-electron chi connectivity index (χ2n) is 6.31. The summed E-state index contributed by atoms with van der Waals surface area (Å²) in [5.74, 6) is 1.01. The molecule has 29 heavy (non-hydrogen) atoms. The zero-order valence-electron chi connectivity index (χ0n) is 16.1. The van der Waals surface area contributed by atoms with Crippen molar-refractivity contribution in [2.24, 2.45) is 0 Å². The van der Waals surface area contributed by atoms with Crippen molar-refractivity contribution in [1.29, 1.82) is 0 Å². The third-order valence-corrected chi connectivity index (χ3v) is 5.09. The maximum Gasteiger partial charge on any atom is 0.262 e. The molecule has 0 aliphatic heterocycles. The zero-order chi connectivity index (χ0) is 20.5. The molecule has 148 valence electrons. The third kappa shape index (κ3) is 6.69. The number of ether oxygens (including phenoxy) is 1. The molecule has 2 amide bonds. The molecule has 0 saturated carbocycles. The number of carbonyl (C=O) groups excluding carboxylic acids is 2. The van der Waals surface area contributed by atoms with Crippen LogP contribution in [0, 0.1) is 0 Å². The van der Waals surface area contributed by atoms with Crippen LogP contribution in [0.25, 0.3) is 0 Å². The zero-order valence-corrected chi connectivity index (χ0v) is 16.9. The van der Waals surface area contributed by atoms with Crippen molar-refractivity contribution in [1.82, 2.24) is 0 Å². The molecule has 0 spiro atoms. The molecule has 3 rings (SSSR count). The van der Waals surface area contributed by atoms with E-state index in [0.29, 0.717) is 11.4 Å². The van der Waals surface area contributed by atoms with Gasteiger partial charge in [-0.1, -0.05) is 42.5 Å². The first-order valence-corrected chi connectivity index (χ1v) is 10.1. The molecule has 2 N–H and O–H groups in total. The first-order chi connectivity index (χ1) is 14.1. The summed E-state index contributed by atoms with van der Waals surface area (Å²) in [4.78, 5) is 24.4. The number of benzene rings is 3. The Bertz CT molecular complexity index is 959. The second kappa shape index (κ2) is 10.3. The van der Waals surface area contributed by atoms with E-state index in [1.54, 1.807) is 36.0 Å². The van der Waals surface area contributed by atoms with Gasteiger partial charge in [0.25, 0.3) is 5.91 Å². The molecule has 0 heterocycles. The molecule has 0 aliphatic rings. The van der Waals surface area contributed by atoms with Gasteiger partial charge < -0.3 is 15.4 Å². The number of rotatable bonds is 8. The highest BCUT2D eigenvalue weighted by molar-refractivity contribution is 7.98. The van der Waals surface area contributed by atoms with Crippen LogP contribution in [0.15, 0.2) is 83.8 Å². The van der Waals surface area contributed by atoms with E-state index in [1.807, 2.05) is 42.5 Å². The van der Waals surface area contributed by atoms with E-state index in [1.165, 1.54) is 12.5 Å². The van der Waals surface area contributed by atoms with Crippen molar-refractivity contribution in [2.75, 3.05) is 17.2 Å². The van der Waals surface area contributed by atoms with Gasteiger partial charge in [-0.25, -0.2) is 0 Å². The topological polar surface area (TPSA) is 67.4 Å². The summed E-state index contributed by atoms with van der Waals surface area (Å²) >= 11 is 1.67. The molecule has 0 bridgehead atoms. The lowest BCUT2D eigenvalue weighted by Gasteiger charge is -2.12. The van der Waals surface area contributed by atoms with Gasteiger partial charge >= 0.3 is 0 Å². The molecule has 6 heteroatoms. The smallest absolute Gasteiger partial charge is 0.262 e. The van der Waals surface area contributed by atoms with Gasteiger partial charge in [0, 0.05) is 23.3 Å². The fourth-order valence-electron chi connectivity index (χ4n) is 2.60. The SMILES string of the molecule is CC(=O)Nc1ccc(OCC(=O)Nc2ccccc2SCc2ccccc2)cc1. The highest BCUT2D eigenvalue weighted by Crippen LogP contribution is 2.29.